The molecule has 26 heavy (non-hydrogen) atoms. The molecule has 3 nitrogen and oxygen atoms in total. The highest BCUT2D eigenvalue weighted by Gasteiger charge is 2.03. The summed E-state index contributed by atoms with van der Waals surface area (Å²) in [7, 11) is 2.02. The summed E-state index contributed by atoms with van der Waals surface area (Å²) in [6.07, 6.45) is 7.23. The number of nitrogens with zero attached hydrogens (tertiary/aromatic N) is 1. The molecule has 142 valence electrons. The Labute approximate surface area is 158 Å². The Morgan fingerprint density at radius 3 is 1.23 bits per heavy atom. The van der Waals surface area contributed by atoms with Crippen LogP contribution in [0.3, 0.4) is 0 Å². The maximum atomic E-state index is 8.78. The molecule has 0 bridgehead atoms. The minimum Gasteiger partial charge on any atom is -0.392 e. The molecule has 0 saturated carbocycles. The molecule has 0 spiro atoms. The lowest BCUT2D eigenvalue weighted by Gasteiger charge is -2.19. The molecule has 0 amide bonds. The Balaban J connectivity index is 0.00000146. The number of hydrogen-bond acceptors (Lipinski definition) is 3. The molecule has 0 aliphatic carbocycles. The van der Waals surface area contributed by atoms with Gasteiger partial charge in [0.05, 0.1) is 13.2 Å². The van der Waals surface area contributed by atoms with E-state index in [2.05, 4.69) is 29.2 Å². The lowest BCUT2D eigenvalue weighted by atomic mass is 10.1. The van der Waals surface area contributed by atoms with Crippen molar-refractivity contribution in [1.82, 2.24) is 0 Å². The molecule has 2 rings (SSSR count). The van der Waals surface area contributed by atoms with Crippen molar-refractivity contribution >= 4 is 23.5 Å². The Hall–Kier alpha value is -2.36. The SMILES string of the molecule is CC.CC.CN(c1ccc(C=CCO)cc1)c1ccc(C=CCO)cc1. The van der Waals surface area contributed by atoms with Crippen LogP contribution >= 0.6 is 0 Å². The first kappa shape index (κ1) is 23.6. The van der Waals surface area contributed by atoms with Gasteiger partial charge in [-0.25, -0.2) is 0 Å². The fourth-order valence-electron chi connectivity index (χ4n) is 2.14. The maximum Gasteiger partial charge on any atom is 0.0615 e. The Morgan fingerprint density at radius 2 is 0.962 bits per heavy atom. The van der Waals surface area contributed by atoms with Gasteiger partial charge in [0.2, 0.25) is 0 Å². The molecule has 0 radical (unpaired) electrons. The van der Waals surface area contributed by atoms with Crippen molar-refractivity contribution in [2.45, 2.75) is 27.7 Å². The van der Waals surface area contributed by atoms with Crippen molar-refractivity contribution in [2.24, 2.45) is 0 Å². The third-order valence-corrected chi connectivity index (χ3v) is 3.39. The zero-order chi connectivity index (χ0) is 19.8. The van der Waals surface area contributed by atoms with E-state index in [1.807, 2.05) is 71.2 Å². The van der Waals surface area contributed by atoms with Crippen LogP contribution in [0.4, 0.5) is 11.4 Å². The van der Waals surface area contributed by atoms with Crippen molar-refractivity contribution < 1.29 is 10.2 Å². The predicted molar refractivity (Wildman–Crippen MR) is 116 cm³/mol. The summed E-state index contributed by atoms with van der Waals surface area (Å²) in [6, 6.07) is 16.3. The van der Waals surface area contributed by atoms with Gasteiger partial charge >= 0.3 is 0 Å². The first-order chi connectivity index (χ1) is 12.7. The summed E-state index contributed by atoms with van der Waals surface area (Å²) >= 11 is 0. The first-order valence-electron chi connectivity index (χ1n) is 9.23. The summed E-state index contributed by atoms with van der Waals surface area (Å²) in [6.45, 7) is 8.11. The Bertz CT molecular complexity index is 571. The minimum absolute atomic E-state index is 0.0543. The zero-order valence-corrected chi connectivity index (χ0v) is 16.7. The van der Waals surface area contributed by atoms with Crippen molar-refractivity contribution in [2.75, 3.05) is 25.2 Å². The molecule has 0 saturated heterocycles. The Morgan fingerprint density at radius 1 is 0.654 bits per heavy atom. The highest BCUT2D eigenvalue weighted by atomic mass is 16.3. The first-order valence-corrected chi connectivity index (χ1v) is 9.23. The molecule has 0 aromatic heterocycles. The van der Waals surface area contributed by atoms with Gasteiger partial charge in [-0.15, -0.1) is 0 Å². The van der Waals surface area contributed by atoms with E-state index >= 15 is 0 Å². The van der Waals surface area contributed by atoms with Crippen molar-refractivity contribution in [1.29, 1.82) is 0 Å². The molecule has 0 unspecified atom stereocenters. The van der Waals surface area contributed by atoms with E-state index in [1.165, 1.54) is 0 Å². The largest absolute Gasteiger partial charge is 0.392 e. The van der Waals surface area contributed by atoms with Gasteiger partial charge in [0, 0.05) is 18.4 Å². The average Bonchev–Trinajstić information content (AvgIpc) is 2.74. The van der Waals surface area contributed by atoms with E-state index in [0.29, 0.717) is 0 Å². The van der Waals surface area contributed by atoms with Crippen LogP contribution in [0.5, 0.6) is 0 Å². The lowest BCUT2D eigenvalue weighted by molar-refractivity contribution is 0.343. The van der Waals surface area contributed by atoms with Crippen LogP contribution in [0, 0.1) is 0 Å². The van der Waals surface area contributed by atoms with Crippen molar-refractivity contribution in [3.8, 4) is 0 Å². The number of rotatable bonds is 6. The highest BCUT2D eigenvalue weighted by Crippen LogP contribution is 2.24. The van der Waals surface area contributed by atoms with E-state index in [-0.39, 0.29) is 13.2 Å². The van der Waals surface area contributed by atoms with Gasteiger partial charge in [0.25, 0.3) is 0 Å². The van der Waals surface area contributed by atoms with Crippen LogP contribution < -0.4 is 4.90 Å². The molecule has 0 atom stereocenters. The second kappa shape index (κ2) is 14.9. The second-order valence-electron chi connectivity index (χ2n) is 4.91. The molecule has 2 aromatic rings. The number of aliphatic hydroxyl groups is 2. The van der Waals surface area contributed by atoms with Crippen LogP contribution in [0.25, 0.3) is 12.2 Å². The molecule has 0 aliphatic heterocycles. The quantitative estimate of drug-likeness (QED) is 0.717. The number of hydrogen-bond donors (Lipinski definition) is 2. The summed E-state index contributed by atoms with van der Waals surface area (Å²) in [5.41, 5.74) is 4.32. The summed E-state index contributed by atoms with van der Waals surface area (Å²) < 4.78 is 0. The van der Waals surface area contributed by atoms with E-state index in [1.54, 1.807) is 12.2 Å². The van der Waals surface area contributed by atoms with E-state index in [0.717, 1.165) is 22.5 Å². The molecule has 2 aromatic carbocycles. The minimum atomic E-state index is 0.0543. The van der Waals surface area contributed by atoms with Crippen LogP contribution in [0.2, 0.25) is 0 Å². The monoisotopic (exact) mass is 355 g/mol. The average molecular weight is 356 g/mol. The van der Waals surface area contributed by atoms with Crippen LogP contribution in [-0.2, 0) is 0 Å². The van der Waals surface area contributed by atoms with E-state index < -0.39 is 0 Å². The fraction of sp³-hybridized carbons (Fsp3) is 0.304. The van der Waals surface area contributed by atoms with Crippen LogP contribution in [0.15, 0.2) is 60.7 Å². The molecule has 0 heterocycles. The van der Waals surface area contributed by atoms with Crippen LogP contribution in [-0.4, -0.2) is 30.5 Å². The maximum absolute atomic E-state index is 8.78. The van der Waals surface area contributed by atoms with Crippen LogP contribution in [0.1, 0.15) is 38.8 Å². The number of benzene rings is 2. The Kier molecular flexibility index (Phi) is 13.6. The molecule has 2 N–H and O–H groups in total. The molecular weight excluding hydrogens is 322 g/mol. The summed E-state index contributed by atoms with van der Waals surface area (Å²) in [5, 5.41) is 17.6. The molecule has 0 aliphatic rings. The van der Waals surface area contributed by atoms with E-state index in [4.69, 9.17) is 10.2 Å². The molecule has 3 heteroatoms. The number of aliphatic hydroxyl groups excluding tert-OH is 2. The van der Waals surface area contributed by atoms with E-state index in [9.17, 15) is 0 Å². The van der Waals surface area contributed by atoms with Crippen molar-refractivity contribution in [3.05, 3.63) is 71.8 Å². The van der Waals surface area contributed by atoms with Gasteiger partial charge in [-0.2, -0.15) is 0 Å². The third-order valence-electron chi connectivity index (χ3n) is 3.39. The van der Waals surface area contributed by atoms with Gasteiger partial charge < -0.3 is 15.1 Å². The van der Waals surface area contributed by atoms with Gasteiger partial charge in [-0.05, 0) is 35.4 Å². The van der Waals surface area contributed by atoms with Gasteiger partial charge in [0.15, 0.2) is 0 Å². The summed E-state index contributed by atoms with van der Waals surface area (Å²) in [4.78, 5) is 2.11. The van der Waals surface area contributed by atoms with Gasteiger partial charge in [-0.3, -0.25) is 0 Å². The molecule has 0 fully saturated rings. The van der Waals surface area contributed by atoms with Gasteiger partial charge in [-0.1, -0.05) is 76.3 Å². The standard InChI is InChI=1S/C19H21NO2.2C2H6/c1-20(18-10-6-16(7-11-18)4-2-14-21)19-12-8-17(9-13-19)5-3-15-22;2*1-2/h2-13,21-22H,14-15H2,1H3;2*1-2H3. The predicted octanol–water partition coefficient (Wildman–Crippen LogP) is 5.52. The molecular formula is C23H33NO2. The second-order valence-corrected chi connectivity index (χ2v) is 4.91. The van der Waals surface area contributed by atoms with Gasteiger partial charge in [0.1, 0.15) is 0 Å². The third kappa shape index (κ3) is 8.15. The smallest absolute Gasteiger partial charge is 0.0615 e. The van der Waals surface area contributed by atoms with Crippen molar-refractivity contribution in [3.63, 3.8) is 0 Å². The topological polar surface area (TPSA) is 43.7 Å². The summed E-state index contributed by atoms with van der Waals surface area (Å²) in [5.74, 6) is 0. The highest BCUT2D eigenvalue weighted by molar-refractivity contribution is 5.66. The number of anilines is 2. The fourth-order valence-corrected chi connectivity index (χ4v) is 2.14. The zero-order valence-electron chi connectivity index (χ0n) is 16.7. The normalized spacial score (nSPS) is 10.1. The lowest BCUT2D eigenvalue weighted by Crippen LogP contribution is -2.08.